The minimum atomic E-state index is -0.317. The molecule has 0 aliphatic heterocycles. The average Bonchev–Trinajstić information content (AvgIpc) is 3.04. The van der Waals surface area contributed by atoms with E-state index in [1.54, 1.807) is 12.1 Å². The van der Waals surface area contributed by atoms with Crippen LogP contribution in [-0.2, 0) is 0 Å². The number of rotatable bonds is 3. The van der Waals surface area contributed by atoms with Crippen LogP contribution in [0.15, 0.2) is 22.9 Å². The Balaban J connectivity index is 1.79. The quantitative estimate of drug-likeness (QED) is 0.820. The minimum absolute atomic E-state index is 0.0236. The summed E-state index contributed by atoms with van der Waals surface area (Å²) in [5.74, 6) is -0.0885. The topological polar surface area (TPSA) is 107 Å². The van der Waals surface area contributed by atoms with Gasteiger partial charge in [-0.3, -0.25) is 4.79 Å². The van der Waals surface area contributed by atoms with Crippen LogP contribution in [0.5, 0.6) is 0 Å². The fraction of sp³-hybridized carbons (Fsp3) is 0.273. The number of aromatic nitrogens is 3. The highest BCUT2D eigenvalue weighted by Crippen LogP contribution is 2.19. The van der Waals surface area contributed by atoms with Crippen molar-refractivity contribution in [3.8, 4) is 11.6 Å². The van der Waals surface area contributed by atoms with Crippen molar-refractivity contribution in [2.45, 2.75) is 18.9 Å². The van der Waals surface area contributed by atoms with Crippen molar-refractivity contribution in [2.24, 2.45) is 0 Å². The molecule has 18 heavy (non-hydrogen) atoms. The molecule has 1 aliphatic carbocycles. The summed E-state index contributed by atoms with van der Waals surface area (Å²) in [4.78, 5) is 19.7. The summed E-state index contributed by atoms with van der Waals surface area (Å²) in [6.07, 6.45) is 3.51. The molecule has 2 heterocycles. The molecule has 1 aliphatic rings. The molecule has 0 spiro atoms. The number of nitrogens with zero attached hydrogens (tertiary/aromatic N) is 3. The Bertz CT molecular complexity index is 573. The fourth-order valence-electron chi connectivity index (χ4n) is 1.43. The summed E-state index contributed by atoms with van der Waals surface area (Å²) in [6, 6.07) is 3.59. The molecule has 0 radical (unpaired) electrons. The third-order valence-corrected chi connectivity index (χ3v) is 2.55. The lowest BCUT2D eigenvalue weighted by Gasteiger charge is -1.96. The van der Waals surface area contributed by atoms with Crippen LogP contribution < -0.4 is 11.1 Å². The van der Waals surface area contributed by atoms with Gasteiger partial charge in [-0.1, -0.05) is 5.16 Å². The maximum Gasteiger partial charge on any atom is 0.292 e. The molecular formula is C11H11N5O2. The molecule has 7 heteroatoms. The zero-order chi connectivity index (χ0) is 12.5. The van der Waals surface area contributed by atoms with E-state index in [9.17, 15) is 4.79 Å². The van der Waals surface area contributed by atoms with E-state index in [1.165, 1.54) is 6.20 Å². The monoisotopic (exact) mass is 245 g/mol. The maximum atomic E-state index is 11.7. The molecule has 0 atom stereocenters. The SMILES string of the molecule is Nc1ccc(-c2nc(C(=O)NC3CC3)no2)nc1. The first-order valence-electron chi connectivity index (χ1n) is 5.59. The van der Waals surface area contributed by atoms with E-state index < -0.39 is 0 Å². The van der Waals surface area contributed by atoms with Crippen LogP contribution in [0.2, 0.25) is 0 Å². The highest BCUT2D eigenvalue weighted by molar-refractivity contribution is 5.91. The molecule has 0 saturated heterocycles. The zero-order valence-corrected chi connectivity index (χ0v) is 9.46. The molecule has 2 aromatic heterocycles. The highest BCUT2D eigenvalue weighted by atomic mass is 16.5. The van der Waals surface area contributed by atoms with Gasteiger partial charge in [0.1, 0.15) is 5.69 Å². The highest BCUT2D eigenvalue weighted by Gasteiger charge is 2.26. The second-order valence-electron chi connectivity index (χ2n) is 4.15. The van der Waals surface area contributed by atoms with Crippen molar-refractivity contribution in [3.05, 3.63) is 24.2 Å². The number of pyridine rings is 1. The predicted octanol–water partition coefficient (Wildman–Crippen LogP) is 0.606. The molecule has 1 amide bonds. The number of nitrogen functional groups attached to an aromatic ring is 1. The first-order chi connectivity index (χ1) is 8.72. The van der Waals surface area contributed by atoms with Crippen molar-refractivity contribution >= 4 is 11.6 Å². The van der Waals surface area contributed by atoms with Gasteiger partial charge < -0.3 is 15.6 Å². The average molecular weight is 245 g/mol. The molecule has 0 bridgehead atoms. The second kappa shape index (κ2) is 4.10. The summed E-state index contributed by atoms with van der Waals surface area (Å²) in [5.41, 5.74) is 6.56. The number of carbonyl (C=O) groups excluding carboxylic acids is 1. The minimum Gasteiger partial charge on any atom is -0.397 e. The number of anilines is 1. The fourth-order valence-corrected chi connectivity index (χ4v) is 1.43. The molecule has 2 aromatic rings. The van der Waals surface area contributed by atoms with E-state index >= 15 is 0 Å². The number of hydrogen-bond donors (Lipinski definition) is 2. The lowest BCUT2D eigenvalue weighted by molar-refractivity contribution is 0.0937. The van der Waals surface area contributed by atoms with E-state index in [1.807, 2.05) is 0 Å². The van der Waals surface area contributed by atoms with Crippen LogP contribution in [0.4, 0.5) is 5.69 Å². The molecule has 92 valence electrons. The summed E-state index contributed by atoms with van der Waals surface area (Å²) in [6.45, 7) is 0. The number of amides is 1. The zero-order valence-electron chi connectivity index (χ0n) is 9.46. The number of nitrogens with one attached hydrogen (secondary N) is 1. The summed E-state index contributed by atoms with van der Waals surface area (Å²) < 4.78 is 4.99. The van der Waals surface area contributed by atoms with Crippen LogP contribution in [0.3, 0.4) is 0 Å². The van der Waals surface area contributed by atoms with Gasteiger partial charge >= 0.3 is 0 Å². The smallest absolute Gasteiger partial charge is 0.292 e. The van der Waals surface area contributed by atoms with E-state index in [2.05, 4.69) is 20.4 Å². The Morgan fingerprint density at radius 3 is 2.94 bits per heavy atom. The summed E-state index contributed by atoms with van der Waals surface area (Å²) in [7, 11) is 0. The Kier molecular flexibility index (Phi) is 2.44. The molecule has 3 rings (SSSR count). The largest absolute Gasteiger partial charge is 0.397 e. The molecule has 3 N–H and O–H groups in total. The summed E-state index contributed by atoms with van der Waals surface area (Å²) in [5, 5.41) is 6.41. The van der Waals surface area contributed by atoms with Gasteiger partial charge in [0.15, 0.2) is 0 Å². The Labute approximate surface area is 102 Å². The lowest BCUT2D eigenvalue weighted by Crippen LogP contribution is -2.26. The van der Waals surface area contributed by atoms with Gasteiger partial charge in [0.2, 0.25) is 0 Å². The Hall–Kier alpha value is -2.44. The molecule has 1 saturated carbocycles. The lowest BCUT2D eigenvalue weighted by atomic mass is 10.3. The van der Waals surface area contributed by atoms with Crippen LogP contribution in [-0.4, -0.2) is 27.1 Å². The van der Waals surface area contributed by atoms with Crippen molar-refractivity contribution in [2.75, 3.05) is 5.73 Å². The summed E-state index contributed by atoms with van der Waals surface area (Å²) >= 11 is 0. The Morgan fingerprint density at radius 1 is 1.44 bits per heavy atom. The third kappa shape index (κ3) is 2.15. The normalized spacial score (nSPS) is 14.4. The first kappa shape index (κ1) is 10.7. The number of hydrogen-bond acceptors (Lipinski definition) is 6. The van der Waals surface area contributed by atoms with Gasteiger partial charge in [-0.15, -0.1) is 0 Å². The van der Waals surface area contributed by atoms with Crippen molar-refractivity contribution in [1.29, 1.82) is 0 Å². The van der Waals surface area contributed by atoms with Crippen LogP contribution in [0.1, 0.15) is 23.5 Å². The van der Waals surface area contributed by atoms with Gasteiger partial charge in [-0.25, -0.2) is 4.98 Å². The molecule has 0 unspecified atom stereocenters. The van der Waals surface area contributed by atoms with Crippen LogP contribution in [0.25, 0.3) is 11.6 Å². The third-order valence-electron chi connectivity index (χ3n) is 2.55. The number of nitrogens with two attached hydrogens (primary N) is 1. The van der Waals surface area contributed by atoms with Crippen molar-refractivity contribution < 1.29 is 9.32 Å². The predicted molar refractivity (Wildman–Crippen MR) is 62.4 cm³/mol. The van der Waals surface area contributed by atoms with Crippen molar-refractivity contribution in [1.82, 2.24) is 20.4 Å². The van der Waals surface area contributed by atoms with Gasteiger partial charge in [0, 0.05) is 6.04 Å². The first-order valence-corrected chi connectivity index (χ1v) is 5.59. The second-order valence-corrected chi connectivity index (χ2v) is 4.15. The van der Waals surface area contributed by atoms with E-state index in [0.29, 0.717) is 11.4 Å². The van der Waals surface area contributed by atoms with E-state index in [4.69, 9.17) is 10.3 Å². The van der Waals surface area contributed by atoms with Crippen LogP contribution >= 0.6 is 0 Å². The Morgan fingerprint density at radius 2 is 2.28 bits per heavy atom. The van der Waals surface area contributed by atoms with Crippen LogP contribution in [0, 0.1) is 0 Å². The number of carbonyl (C=O) groups is 1. The van der Waals surface area contributed by atoms with E-state index in [0.717, 1.165) is 12.8 Å². The molecule has 0 aromatic carbocycles. The van der Waals surface area contributed by atoms with Gasteiger partial charge in [0.25, 0.3) is 17.6 Å². The molecule has 1 fully saturated rings. The van der Waals surface area contributed by atoms with Crippen molar-refractivity contribution in [3.63, 3.8) is 0 Å². The standard InChI is InChI=1S/C11H11N5O2/c12-6-1-4-8(13-5-6)11-15-9(16-18-11)10(17)14-7-2-3-7/h1,4-5,7H,2-3,12H2,(H,14,17). The van der Waals surface area contributed by atoms with Gasteiger partial charge in [-0.05, 0) is 25.0 Å². The van der Waals surface area contributed by atoms with Gasteiger partial charge in [-0.2, -0.15) is 4.98 Å². The molecular weight excluding hydrogens is 234 g/mol. The maximum absolute atomic E-state index is 11.7. The van der Waals surface area contributed by atoms with E-state index in [-0.39, 0.29) is 23.7 Å². The van der Waals surface area contributed by atoms with Gasteiger partial charge in [0.05, 0.1) is 11.9 Å². The molecule has 7 nitrogen and oxygen atoms in total.